The van der Waals surface area contributed by atoms with Gasteiger partial charge in [-0.25, -0.2) is 0 Å². The molecule has 0 amide bonds. The van der Waals surface area contributed by atoms with Crippen LogP contribution < -0.4 is 0 Å². The highest BCUT2D eigenvalue weighted by Gasteiger charge is 2.31. The molecule has 2 rings (SSSR count). The molecule has 0 aromatic carbocycles. The molecule has 1 unspecified atom stereocenters. The Morgan fingerprint density at radius 3 is 2.55 bits per heavy atom. The van der Waals surface area contributed by atoms with E-state index in [2.05, 4.69) is 23.6 Å². The van der Waals surface area contributed by atoms with Crippen LogP contribution in [0.3, 0.4) is 0 Å². The summed E-state index contributed by atoms with van der Waals surface area (Å²) in [7, 11) is 0. The molecular weight excluding hydrogens is 252 g/mol. The average Bonchev–Trinajstić information content (AvgIpc) is 2.90. The van der Waals surface area contributed by atoms with Crippen molar-refractivity contribution >= 4 is 0 Å². The van der Waals surface area contributed by atoms with Crippen molar-refractivity contribution in [3.05, 3.63) is 0 Å². The maximum Gasteiger partial charge on any atom is 0.107 e. The van der Waals surface area contributed by atoms with Gasteiger partial charge in [0.2, 0.25) is 0 Å². The minimum absolute atomic E-state index is 0.171. The van der Waals surface area contributed by atoms with E-state index in [9.17, 15) is 5.11 Å². The number of aliphatic hydroxyl groups is 1. The van der Waals surface area contributed by atoms with Crippen molar-refractivity contribution < 1.29 is 9.84 Å². The van der Waals surface area contributed by atoms with Crippen LogP contribution in [0.25, 0.3) is 0 Å². The molecule has 118 valence electrons. The second-order valence-corrected chi connectivity index (χ2v) is 6.38. The summed E-state index contributed by atoms with van der Waals surface area (Å²) in [5, 5.41) is 9.95. The number of likely N-dealkylation sites (tertiary alicyclic amines) is 2. The molecule has 4 heteroatoms. The molecule has 2 atom stereocenters. The lowest BCUT2D eigenvalue weighted by molar-refractivity contribution is -0.0121. The summed E-state index contributed by atoms with van der Waals surface area (Å²) in [6, 6.07) is 0.611. The molecule has 0 saturated carbocycles. The predicted molar refractivity (Wildman–Crippen MR) is 81.7 cm³/mol. The Balaban J connectivity index is 1.57. The van der Waals surface area contributed by atoms with Crippen LogP contribution in [0, 0.1) is 0 Å². The van der Waals surface area contributed by atoms with Gasteiger partial charge in [-0.2, -0.15) is 0 Å². The van der Waals surface area contributed by atoms with Crippen molar-refractivity contribution in [3.8, 4) is 0 Å². The Morgan fingerprint density at radius 2 is 1.95 bits per heavy atom. The number of piperidine rings is 1. The number of hydrogen-bond acceptors (Lipinski definition) is 4. The van der Waals surface area contributed by atoms with E-state index in [0.717, 1.165) is 45.4 Å². The quantitative estimate of drug-likeness (QED) is 0.726. The first kappa shape index (κ1) is 16.2. The monoisotopic (exact) mass is 284 g/mol. The minimum Gasteiger partial charge on any atom is -0.378 e. The van der Waals surface area contributed by atoms with Crippen LogP contribution in [0.4, 0.5) is 0 Å². The van der Waals surface area contributed by atoms with Crippen LogP contribution in [0.2, 0.25) is 0 Å². The van der Waals surface area contributed by atoms with Gasteiger partial charge in [-0.15, -0.1) is 0 Å². The van der Waals surface area contributed by atoms with E-state index in [-0.39, 0.29) is 6.23 Å². The molecule has 2 aliphatic rings. The smallest absolute Gasteiger partial charge is 0.107 e. The Kier molecular flexibility index (Phi) is 6.75. The fourth-order valence-corrected chi connectivity index (χ4v) is 3.36. The molecule has 2 fully saturated rings. The number of rotatable bonds is 7. The first-order valence-corrected chi connectivity index (χ1v) is 8.48. The van der Waals surface area contributed by atoms with Crippen molar-refractivity contribution in [1.82, 2.24) is 9.80 Å². The number of hydrogen-bond donors (Lipinski definition) is 1. The van der Waals surface area contributed by atoms with Gasteiger partial charge in [0.1, 0.15) is 6.23 Å². The van der Waals surface area contributed by atoms with Crippen LogP contribution >= 0.6 is 0 Å². The van der Waals surface area contributed by atoms with Crippen LogP contribution in [0.15, 0.2) is 0 Å². The maximum absolute atomic E-state index is 9.95. The fraction of sp³-hybridized carbons (Fsp3) is 1.00. The summed E-state index contributed by atoms with van der Waals surface area (Å²) >= 11 is 0. The number of nitrogens with zero attached hydrogens (tertiary/aromatic N) is 2. The third-order valence-corrected chi connectivity index (χ3v) is 4.88. The third kappa shape index (κ3) is 4.69. The minimum atomic E-state index is -0.171. The predicted octanol–water partition coefficient (Wildman–Crippen LogP) is 2.07. The zero-order valence-electron chi connectivity index (χ0n) is 13.3. The van der Waals surface area contributed by atoms with Gasteiger partial charge >= 0.3 is 0 Å². The first-order chi connectivity index (χ1) is 9.70. The summed E-state index contributed by atoms with van der Waals surface area (Å²) in [5.41, 5.74) is 0. The Bertz CT molecular complexity index is 267. The van der Waals surface area contributed by atoms with Crippen LogP contribution in [0.1, 0.15) is 52.4 Å². The van der Waals surface area contributed by atoms with Crippen LogP contribution in [-0.4, -0.2) is 66.1 Å². The van der Waals surface area contributed by atoms with E-state index in [1.165, 1.54) is 25.9 Å². The van der Waals surface area contributed by atoms with E-state index in [1.54, 1.807) is 0 Å². The molecule has 2 aliphatic heterocycles. The van der Waals surface area contributed by atoms with E-state index in [0.29, 0.717) is 12.1 Å². The molecule has 2 saturated heterocycles. The highest BCUT2D eigenvalue weighted by Crippen LogP contribution is 2.24. The van der Waals surface area contributed by atoms with E-state index >= 15 is 0 Å². The second-order valence-electron chi connectivity index (χ2n) is 6.38. The molecule has 0 aromatic heterocycles. The fourth-order valence-electron chi connectivity index (χ4n) is 3.36. The Labute approximate surface area is 124 Å². The van der Waals surface area contributed by atoms with Crippen molar-refractivity contribution in [3.63, 3.8) is 0 Å². The van der Waals surface area contributed by atoms with E-state index in [1.807, 2.05) is 0 Å². The SMILES string of the molecule is CCC(C)OCCCN1CCC(N2CCC[C@@H]2O)CC1. The average molecular weight is 284 g/mol. The highest BCUT2D eigenvalue weighted by atomic mass is 16.5. The summed E-state index contributed by atoms with van der Waals surface area (Å²) in [6.45, 7) is 9.81. The lowest BCUT2D eigenvalue weighted by Crippen LogP contribution is -2.46. The van der Waals surface area contributed by atoms with Gasteiger partial charge in [0.15, 0.2) is 0 Å². The summed E-state index contributed by atoms with van der Waals surface area (Å²) < 4.78 is 5.73. The summed E-state index contributed by atoms with van der Waals surface area (Å²) in [5.74, 6) is 0. The Morgan fingerprint density at radius 1 is 1.20 bits per heavy atom. The largest absolute Gasteiger partial charge is 0.378 e. The van der Waals surface area contributed by atoms with Crippen molar-refractivity contribution in [2.75, 3.05) is 32.8 Å². The zero-order chi connectivity index (χ0) is 14.4. The first-order valence-electron chi connectivity index (χ1n) is 8.48. The molecule has 0 bridgehead atoms. The standard InChI is InChI=1S/C16H32N2O2/c1-3-14(2)20-13-5-9-17-11-7-15(8-12-17)18-10-4-6-16(18)19/h14-16,19H,3-13H2,1-2H3/t14?,16-/m0/s1. The van der Waals surface area contributed by atoms with Gasteiger partial charge in [0.05, 0.1) is 6.10 Å². The van der Waals surface area contributed by atoms with Gasteiger partial charge in [-0.05, 0) is 58.5 Å². The number of ether oxygens (including phenoxy) is 1. The molecule has 4 nitrogen and oxygen atoms in total. The molecule has 0 radical (unpaired) electrons. The van der Waals surface area contributed by atoms with Crippen molar-refractivity contribution in [2.45, 2.75) is 70.7 Å². The molecular formula is C16H32N2O2. The van der Waals surface area contributed by atoms with Gasteiger partial charge in [-0.3, -0.25) is 4.90 Å². The zero-order valence-corrected chi connectivity index (χ0v) is 13.3. The summed E-state index contributed by atoms with van der Waals surface area (Å²) in [4.78, 5) is 4.88. The van der Waals surface area contributed by atoms with Crippen LogP contribution in [0.5, 0.6) is 0 Å². The summed E-state index contributed by atoms with van der Waals surface area (Å²) in [6.07, 6.45) is 7.02. The van der Waals surface area contributed by atoms with Gasteiger partial charge in [-0.1, -0.05) is 6.92 Å². The molecule has 2 heterocycles. The van der Waals surface area contributed by atoms with Crippen molar-refractivity contribution in [2.24, 2.45) is 0 Å². The molecule has 20 heavy (non-hydrogen) atoms. The molecule has 0 spiro atoms. The lowest BCUT2D eigenvalue weighted by Gasteiger charge is -2.38. The van der Waals surface area contributed by atoms with E-state index < -0.39 is 0 Å². The van der Waals surface area contributed by atoms with Crippen LogP contribution in [-0.2, 0) is 4.74 Å². The topological polar surface area (TPSA) is 35.9 Å². The number of aliphatic hydroxyl groups excluding tert-OH is 1. The second kappa shape index (κ2) is 8.32. The molecule has 0 aromatic rings. The maximum atomic E-state index is 9.95. The Hall–Kier alpha value is -0.160. The normalized spacial score (nSPS) is 28.1. The highest BCUT2D eigenvalue weighted by molar-refractivity contribution is 4.84. The van der Waals surface area contributed by atoms with E-state index in [4.69, 9.17) is 4.74 Å². The van der Waals surface area contributed by atoms with Gasteiger partial charge in [0, 0.05) is 25.7 Å². The third-order valence-electron chi connectivity index (χ3n) is 4.88. The van der Waals surface area contributed by atoms with Gasteiger partial charge in [0.25, 0.3) is 0 Å². The lowest BCUT2D eigenvalue weighted by atomic mass is 10.0. The van der Waals surface area contributed by atoms with Gasteiger partial charge < -0.3 is 14.7 Å². The molecule has 1 N–H and O–H groups in total. The van der Waals surface area contributed by atoms with Crippen molar-refractivity contribution in [1.29, 1.82) is 0 Å². The molecule has 0 aliphatic carbocycles.